The zero-order valence-corrected chi connectivity index (χ0v) is 19.0. The van der Waals surface area contributed by atoms with Gasteiger partial charge in [0.25, 0.3) is 0 Å². The van der Waals surface area contributed by atoms with Crippen LogP contribution < -0.4 is 0 Å². The molecule has 0 radical (unpaired) electrons. The normalized spacial score (nSPS) is 43.8. The van der Waals surface area contributed by atoms with Crippen molar-refractivity contribution in [1.82, 2.24) is 0 Å². The second-order valence-corrected chi connectivity index (χ2v) is 10.6. The first-order chi connectivity index (χ1) is 14.4. The highest BCUT2D eigenvalue weighted by molar-refractivity contribution is 5.93. The molecule has 0 amide bonds. The first-order valence-electron chi connectivity index (χ1n) is 11.1. The van der Waals surface area contributed by atoms with Crippen LogP contribution in [0.4, 0.5) is 0 Å². The van der Waals surface area contributed by atoms with Crippen molar-refractivity contribution in [3.63, 3.8) is 0 Å². The first-order valence-corrected chi connectivity index (χ1v) is 11.1. The minimum atomic E-state index is -1.40. The largest absolute Gasteiger partial charge is 0.461 e. The molecule has 3 fully saturated rings. The van der Waals surface area contributed by atoms with Gasteiger partial charge in [-0.25, -0.2) is 0 Å². The van der Waals surface area contributed by atoms with Crippen LogP contribution in [0.1, 0.15) is 47.5 Å². The van der Waals surface area contributed by atoms with Gasteiger partial charge in [0.2, 0.25) is 0 Å². The van der Waals surface area contributed by atoms with Crippen molar-refractivity contribution in [3.05, 3.63) is 23.8 Å². The van der Waals surface area contributed by atoms with Crippen LogP contribution in [0.3, 0.4) is 0 Å². The summed E-state index contributed by atoms with van der Waals surface area (Å²) in [5.41, 5.74) is -1.76. The highest BCUT2D eigenvalue weighted by atomic mass is 16.7. The van der Waals surface area contributed by atoms with Crippen LogP contribution >= 0.6 is 0 Å². The quantitative estimate of drug-likeness (QED) is 0.516. The number of aliphatic hydroxyl groups excluding tert-OH is 1. The van der Waals surface area contributed by atoms with Gasteiger partial charge in [-0.2, -0.15) is 0 Å². The lowest BCUT2D eigenvalue weighted by atomic mass is 9.61. The molecular formula is C24H34O7. The van der Waals surface area contributed by atoms with Crippen molar-refractivity contribution >= 4 is 11.8 Å². The number of aliphatic hydroxyl groups is 2. The number of ketones is 1. The molecule has 1 aliphatic heterocycles. The molecular weight excluding hydrogens is 400 g/mol. The highest BCUT2D eigenvalue weighted by Crippen LogP contribution is 2.69. The molecule has 0 aromatic heterocycles. The van der Waals surface area contributed by atoms with E-state index in [1.807, 2.05) is 19.9 Å². The number of rotatable bonds is 4. The molecule has 6 atom stereocenters. The molecule has 3 aliphatic carbocycles. The van der Waals surface area contributed by atoms with Crippen LogP contribution in [0.25, 0.3) is 0 Å². The van der Waals surface area contributed by atoms with E-state index in [0.29, 0.717) is 26.1 Å². The summed E-state index contributed by atoms with van der Waals surface area (Å²) >= 11 is 0. The van der Waals surface area contributed by atoms with Gasteiger partial charge in [0.15, 0.2) is 11.6 Å². The molecule has 1 heterocycles. The number of hydrogen-bond acceptors (Lipinski definition) is 7. The third kappa shape index (κ3) is 3.24. The number of esters is 1. The number of hydrogen-bond donors (Lipinski definition) is 2. The summed E-state index contributed by atoms with van der Waals surface area (Å²) in [6.07, 6.45) is 5.67. The van der Waals surface area contributed by atoms with Crippen molar-refractivity contribution in [3.8, 4) is 0 Å². The van der Waals surface area contributed by atoms with Gasteiger partial charge in [0.1, 0.15) is 6.10 Å². The van der Waals surface area contributed by atoms with Gasteiger partial charge in [-0.15, -0.1) is 0 Å². The second kappa shape index (κ2) is 7.24. The third-order valence-electron chi connectivity index (χ3n) is 8.02. The molecule has 0 unspecified atom stereocenters. The minimum Gasteiger partial charge on any atom is -0.461 e. The predicted octanol–water partition coefficient (Wildman–Crippen LogP) is 2.16. The maximum absolute atomic E-state index is 12.7. The zero-order valence-electron chi connectivity index (χ0n) is 19.0. The fraction of sp³-hybridized carbons (Fsp3) is 0.750. The summed E-state index contributed by atoms with van der Waals surface area (Å²) in [7, 11) is 0. The topological polar surface area (TPSA) is 102 Å². The zero-order chi connectivity index (χ0) is 22.8. The van der Waals surface area contributed by atoms with E-state index in [0.717, 1.165) is 5.57 Å². The second-order valence-electron chi connectivity index (χ2n) is 10.6. The summed E-state index contributed by atoms with van der Waals surface area (Å²) in [4.78, 5) is 24.7. The van der Waals surface area contributed by atoms with E-state index in [4.69, 9.17) is 14.2 Å². The fourth-order valence-corrected chi connectivity index (χ4v) is 6.85. The molecule has 7 nitrogen and oxygen atoms in total. The number of ether oxygens (including phenoxy) is 3. The van der Waals surface area contributed by atoms with E-state index < -0.39 is 52.0 Å². The molecule has 1 saturated heterocycles. The first kappa shape index (κ1) is 22.6. The summed E-state index contributed by atoms with van der Waals surface area (Å²) < 4.78 is 17.3. The van der Waals surface area contributed by atoms with Crippen LogP contribution in [0, 0.1) is 28.6 Å². The number of fused-ring (bicyclic) bond motifs is 3. The monoisotopic (exact) mass is 434 g/mol. The van der Waals surface area contributed by atoms with Crippen molar-refractivity contribution in [2.75, 3.05) is 19.8 Å². The summed E-state index contributed by atoms with van der Waals surface area (Å²) in [5.74, 6) is -3.16. The average molecular weight is 435 g/mol. The van der Waals surface area contributed by atoms with Gasteiger partial charge in [0, 0.05) is 30.6 Å². The summed E-state index contributed by atoms with van der Waals surface area (Å²) in [6, 6.07) is 0. The third-order valence-corrected chi connectivity index (χ3v) is 8.02. The predicted molar refractivity (Wildman–Crippen MR) is 112 cm³/mol. The summed E-state index contributed by atoms with van der Waals surface area (Å²) in [6.45, 7) is 9.96. The average Bonchev–Trinajstić information content (AvgIpc) is 3.24. The molecule has 2 saturated carbocycles. The van der Waals surface area contributed by atoms with Gasteiger partial charge in [-0.3, -0.25) is 9.59 Å². The number of allylic oxidation sites excluding steroid dienone is 1. The SMILES string of the molecule is CC(=O)O[C@H]1[C@H]2CC(C)(C)/C(=C\CC3(C)OCCO3)[C@@]2(O)[C@H]2[C@H](CO)C(=O)C=C[C@@]12C. The molecule has 0 spiro atoms. The lowest BCUT2D eigenvalue weighted by Crippen LogP contribution is -2.51. The standard InChI is InChI=1S/C24H34O7/c1-14(26)31-20-16-12-21(2,3)18(7-9-23(5)29-10-11-30-23)24(16,28)19-15(13-25)17(27)6-8-22(19,20)4/h6-8,15-16,19-20,25,28H,9-13H2,1-5H3/b18-7+/t15-,16-,19+,20+,22-,24-/m1/s1. The summed E-state index contributed by atoms with van der Waals surface area (Å²) in [5, 5.41) is 22.6. The van der Waals surface area contributed by atoms with E-state index in [9.17, 15) is 19.8 Å². The van der Waals surface area contributed by atoms with Gasteiger partial charge in [0.05, 0.1) is 31.3 Å². The smallest absolute Gasteiger partial charge is 0.302 e. The maximum Gasteiger partial charge on any atom is 0.302 e. The Kier molecular flexibility index (Phi) is 5.29. The van der Waals surface area contributed by atoms with E-state index >= 15 is 0 Å². The van der Waals surface area contributed by atoms with Crippen LogP contribution in [-0.2, 0) is 23.8 Å². The molecule has 4 rings (SSSR count). The molecule has 0 aromatic rings. The van der Waals surface area contributed by atoms with Crippen molar-refractivity contribution < 1.29 is 34.0 Å². The Hall–Kier alpha value is -1.54. The maximum atomic E-state index is 12.7. The van der Waals surface area contributed by atoms with Crippen LogP contribution in [-0.4, -0.2) is 59.3 Å². The van der Waals surface area contributed by atoms with Gasteiger partial charge >= 0.3 is 5.97 Å². The van der Waals surface area contributed by atoms with Gasteiger partial charge in [-0.05, 0) is 30.4 Å². The number of carbonyl (C=O) groups is 2. The molecule has 0 bridgehead atoms. The minimum absolute atomic E-state index is 0.209. The Labute approximate surface area is 183 Å². The molecule has 31 heavy (non-hydrogen) atoms. The molecule has 0 aromatic carbocycles. The fourth-order valence-electron chi connectivity index (χ4n) is 6.85. The Balaban J connectivity index is 1.85. The van der Waals surface area contributed by atoms with Crippen LogP contribution in [0.2, 0.25) is 0 Å². The highest BCUT2D eigenvalue weighted by Gasteiger charge is 2.74. The Morgan fingerprint density at radius 2 is 1.90 bits per heavy atom. The van der Waals surface area contributed by atoms with Gasteiger partial charge < -0.3 is 24.4 Å². The van der Waals surface area contributed by atoms with Crippen molar-refractivity contribution in [2.45, 2.75) is 65.0 Å². The van der Waals surface area contributed by atoms with E-state index in [1.165, 1.54) is 13.0 Å². The van der Waals surface area contributed by atoms with Crippen molar-refractivity contribution in [1.29, 1.82) is 0 Å². The van der Waals surface area contributed by atoms with Crippen LogP contribution in [0.5, 0.6) is 0 Å². The van der Waals surface area contributed by atoms with Crippen LogP contribution in [0.15, 0.2) is 23.8 Å². The molecule has 4 aliphatic rings. The molecule has 172 valence electrons. The number of carbonyl (C=O) groups excluding carboxylic acids is 2. The lowest BCUT2D eigenvalue weighted by Gasteiger charge is -2.45. The molecule has 7 heteroatoms. The Bertz CT molecular complexity index is 837. The van der Waals surface area contributed by atoms with Crippen molar-refractivity contribution in [2.24, 2.45) is 28.6 Å². The molecule has 2 N–H and O–H groups in total. The van der Waals surface area contributed by atoms with E-state index in [1.54, 1.807) is 6.08 Å². The van der Waals surface area contributed by atoms with E-state index in [-0.39, 0.29) is 12.4 Å². The lowest BCUT2D eigenvalue weighted by molar-refractivity contribution is -0.154. The van der Waals surface area contributed by atoms with Gasteiger partial charge in [-0.1, -0.05) is 32.9 Å². The van der Waals surface area contributed by atoms with E-state index in [2.05, 4.69) is 13.8 Å². The Morgan fingerprint density at radius 1 is 1.26 bits per heavy atom. The Morgan fingerprint density at radius 3 is 2.48 bits per heavy atom.